The summed E-state index contributed by atoms with van der Waals surface area (Å²) in [5.74, 6) is -1.48. The first kappa shape index (κ1) is 22.2. The van der Waals surface area contributed by atoms with Gasteiger partial charge >= 0.3 is 0 Å². The zero-order valence-corrected chi connectivity index (χ0v) is 20.8. The Hall–Kier alpha value is -2.32. The summed E-state index contributed by atoms with van der Waals surface area (Å²) >= 11 is 12.6. The lowest BCUT2D eigenvalue weighted by molar-refractivity contribution is -0.142. The molecule has 34 heavy (non-hydrogen) atoms. The molecule has 3 aliphatic heterocycles. The second-order valence-corrected chi connectivity index (χ2v) is 11.1. The predicted molar refractivity (Wildman–Crippen MR) is 137 cm³/mol. The Kier molecular flexibility index (Phi) is 5.30. The Morgan fingerprint density at radius 1 is 1.00 bits per heavy atom. The van der Waals surface area contributed by atoms with E-state index in [1.807, 2.05) is 29.0 Å². The molecule has 174 valence electrons. The van der Waals surface area contributed by atoms with Crippen molar-refractivity contribution < 1.29 is 14.3 Å². The second kappa shape index (κ2) is 8.12. The molecule has 1 spiro atoms. The number of nitrogens with zero attached hydrogens (tertiary/aromatic N) is 2. The van der Waals surface area contributed by atoms with Crippen LogP contribution >= 0.6 is 35.8 Å². The lowest BCUT2D eigenvalue weighted by atomic mass is 9.73. The number of carbonyl (C=O) groups excluding carboxylic acids is 2. The number of anilines is 1. The highest BCUT2D eigenvalue weighted by atomic mass is 35.5. The highest BCUT2D eigenvalue weighted by Gasteiger charge is 2.53. The average Bonchev–Trinajstić information content (AvgIpc) is 3.32. The summed E-state index contributed by atoms with van der Waals surface area (Å²) in [4.78, 5) is 29.6. The first-order chi connectivity index (χ1) is 16.4. The summed E-state index contributed by atoms with van der Waals surface area (Å²) < 4.78 is 6.83. The number of hydrogen-bond acceptors (Lipinski definition) is 6. The monoisotopic (exact) mass is 510 g/mol. The highest BCUT2D eigenvalue weighted by Crippen LogP contribution is 2.49. The molecule has 2 atom stereocenters. The predicted octanol–water partition coefficient (Wildman–Crippen LogP) is 4.91. The van der Waals surface area contributed by atoms with Crippen LogP contribution in [-0.2, 0) is 19.9 Å². The molecule has 8 heteroatoms. The fourth-order valence-electron chi connectivity index (χ4n) is 5.48. The van der Waals surface area contributed by atoms with Gasteiger partial charge in [-0.05, 0) is 51.7 Å². The quantitative estimate of drug-likeness (QED) is 0.400. The van der Waals surface area contributed by atoms with Gasteiger partial charge in [0.1, 0.15) is 11.5 Å². The zero-order valence-electron chi connectivity index (χ0n) is 18.3. The Bertz CT molecular complexity index is 1250. The number of halogens is 1. The van der Waals surface area contributed by atoms with Crippen molar-refractivity contribution in [3.05, 3.63) is 87.1 Å². The van der Waals surface area contributed by atoms with Crippen LogP contribution in [0.25, 0.3) is 0 Å². The maximum absolute atomic E-state index is 13.7. The number of piperidine rings is 1. The zero-order chi connectivity index (χ0) is 23.5. The molecular weight excluding hydrogens is 488 g/mol. The lowest BCUT2D eigenvalue weighted by Crippen LogP contribution is -2.66. The summed E-state index contributed by atoms with van der Waals surface area (Å²) in [6.45, 7) is 3.68. The third-order valence-electron chi connectivity index (χ3n) is 7.36. The summed E-state index contributed by atoms with van der Waals surface area (Å²) in [6.07, 6.45) is 0.123. The molecular formula is C26H23ClN2O3S2. The molecule has 6 rings (SSSR count). The number of thiophene rings is 1. The van der Waals surface area contributed by atoms with Crippen LogP contribution in [0.3, 0.4) is 0 Å². The van der Waals surface area contributed by atoms with Crippen molar-refractivity contribution in [1.82, 2.24) is 4.31 Å². The van der Waals surface area contributed by atoms with Crippen LogP contribution in [-0.4, -0.2) is 42.3 Å². The Balaban J connectivity index is 1.36. The highest BCUT2D eigenvalue weighted by molar-refractivity contribution is 7.78. The molecule has 0 radical (unpaired) electrons. The van der Waals surface area contributed by atoms with Crippen LogP contribution in [0, 0.1) is 5.41 Å². The fraction of sp³-hybridized carbons (Fsp3) is 0.308. The van der Waals surface area contributed by atoms with Gasteiger partial charge in [0.05, 0.1) is 18.6 Å². The van der Waals surface area contributed by atoms with Gasteiger partial charge in [0.2, 0.25) is 5.91 Å². The van der Waals surface area contributed by atoms with Crippen molar-refractivity contribution >= 4 is 53.1 Å². The van der Waals surface area contributed by atoms with Gasteiger partial charge in [-0.3, -0.25) is 13.9 Å². The second-order valence-electron chi connectivity index (χ2n) is 9.52. The van der Waals surface area contributed by atoms with E-state index in [4.69, 9.17) is 29.2 Å². The van der Waals surface area contributed by atoms with E-state index in [0.717, 1.165) is 43.1 Å². The molecule has 0 bridgehead atoms. The van der Waals surface area contributed by atoms with Crippen LogP contribution < -0.4 is 4.90 Å². The summed E-state index contributed by atoms with van der Waals surface area (Å²) in [5.41, 5.74) is 2.76. The van der Waals surface area contributed by atoms with Crippen LogP contribution in [0.5, 0.6) is 0 Å². The van der Waals surface area contributed by atoms with E-state index in [1.165, 1.54) is 15.6 Å². The smallest absolute Gasteiger partial charge is 0.248 e. The standard InChI is InChI=1S/C26H23ClN2O3S2/c27-21-4-2-1-3-20(21)23-22(30)11-26(29(33)24(23)31,18-9-10-34-12-18)17-5-7-19(8-6-17)28-13-25(14-28)15-32-16-25/h1-10,12,23,33H,11,13-16H2. The molecule has 2 aromatic carbocycles. The molecule has 3 aromatic rings. The number of rotatable bonds is 4. The number of thiol groups is 1. The molecule has 0 aliphatic carbocycles. The van der Waals surface area contributed by atoms with Crippen LogP contribution in [0.2, 0.25) is 5.02 Å². The van der Waals surface area contributed by atoms with Crippen molar-refractivity contribution in [2.24, 2.45) is 5.41 Å². The van der Waals surface area contributed by atoms with Gasteiger partial charge in [-0.2, -0.15) is 11.3 Å². The molecule has 0 saturated carbocycles. The van der Waals surface area contributed by atoms with Gasteiger partial charge in [-0.1, -0.05) is 54.7 Å². The number of carbonyl (C=O) groups is 2. The van der Waals surface area contributed by atoms with E-state index in [2.05, 4.69) is 17.0 Å². The number of amides is 1. The largest absolute Gasteiger partial charge is 0.380 e. The SMILES string of the molecule is O=C1CC(c2ccc(N3CC4(COC4)C3)cc2)(c2ccsc2)N(S)C(=O)C1c1ccccc1Cl. The first-order valence-electron chi connectivity index (χ1n) is 11.2. The number of ether oxygens (including phenoxy) is 1. The minimum atomic E-state index is -0.981. The lowest BCUT2D eigenvalue weighted by Gasteiger charge is -2.56. The van der Waals surface area contributed by atoms with Gasteiger partial charge in [0.15, 0.2) is 5.78 Å². The summed E-state index contributed by atoms with van der Waals surface area (Å²) in [7, 11) is 0. The minimum Gasteiger partial charge on any atom is -0.380 e. The van der Waals surface area contributed by atoms with Crippen molar-refractivity contribution in [2.45, 2.75) is 17.9 Å². The number of benzene rings is 2. The van der Waals surface area contributed by atoms with Crippen molar-refractivity contribution in [3.8, 4) is 0 Å². The van der Waals surface area contributed by atoms with Gasteiger partial charge in [0.25, 0.3) is 0 Å². The van der Waals surface area contributed by atoms with Crippen LogP contribution in [0.4, 0.5) is 5.69 Å². The number of ketones is 1. The Morgan fingerprint density at radius 3 is 2.35 bits per heavy atom. The van der Waals surface area contributed by atoms with Crippen molar-refractivity contribution in [2.75, 3.05) is 31.2 Å². The normalized spacial score (nSPS) is 25.9. The third kappa shape index (κ3) is 3.25. The molecule has 1 aromatic heterocycles. The Labute approximate surface area is 212 Å². The van der Waals surface area contributed by atoms with E-state index in [-0.39, 0.29) is 18.1 Å². The van der Waals surface area contributed by atoms with E-state index in [0.29, 0.717) is 16.0 Å². The van der Waals surface area contributed by atoms with Gasteiger partial charge in [-0.25, -0.2) is 0 Å². The fourth-order valence-corrected chi connectivity index (χ4v) is 6.86. The molecule has 4 heterocycles. The minimum absolute atomic E-state index is 0.123. The molecule has 1 amide bonds. The van der Waals surface area contributed by atoms with Crippen LogP contribution in [0.1, 0.15) is 29.0 Å². The van der Waals surface area contributed by atoms with Crippen LogP contribution in [0.15, 0.2) is 65.4 Å². The topological polar surface area (TPSA) is 49.9 Å². The van der Waals surface area contributed by atoms with E-state index in [1.54, 1.807) is 24.3 Å². The summed E-state index contributed by atoms with van der Waals surface area (Å²) in [6, 6.07) is 17.2. The first-order valence-corrected chi connectivity index (χ1v) is 12.9. The van der Waals surface area contributed by atoms with E-state index < -0.39 is 11.5 Å². The van der Waals surface area contributed by atoms with E-state index >= 15 is 0 Å². The van der Waals surface area contributed by atoms with Gasteiger partial charge in [-0.15, -0.1) is 0 Å². The maximum Gasteiger partial charge on any atom is 0.248 e. The van der Waals surface area contributed by atoms with Crippen molar-refractivity contribution in [3.63, 3.8) is 0 Å². The molecule has 0 N–H and O–H groups in total. The average molecular weight is 511 g/mol. The van der Waals surface area contributed by atoms with Gasteiger partial charge < -0.3 is 9.64 Å². The molecule has 2 unspecified atom stereocenters. The molecule has 5 nitrogen and oxygen atoms in total. The maximum atomic E-state index is 13.7. The molecule has 3 aliphatic rings. The third-order valence-corrected chi connectivity index (χ3v) is 8.93. The number of Topliss-reactive ketones (excluding diaryl/α,β-unsaturated/α-hetero) is 1. The van der Waals surface area contributed by atoms with Gasteiger partial charge in [0, 0.05) is 30.2 Å². The van der Waals surface area contributed by atoms with E-state index in [9.17, 15) is 9.59 Å². The Morgan fingerprint density at radius 2 is 1.74 bits per heavy atom. The number of hydrogen-bond donors (Lipinski definition) is 1. The summed E-state index contributed by atoms with van der Waals surface area (Å²) in [5, 5.41) is 4.36. The molecule has 3 saturated heterocycles. The van der Waals surface area contributed by atoms with Crippen molar-refractivity contribution in [1.29, 1.82) is 0 Å². The molecule has 3 fully saturated rings.